The Balaban J connectivity index is 3.12. The van der Waals surface area contributed by atoms with Crippen molar-refractivity contribution in [2.75, 3.05) is 0 Å². The van der Waals surface area contributed by atoms with Crippen molar-refractivity contribution in [1.82, 2.24) is 14.5 Å². The molecule has 2 rings (SSSR count). The van der Waals surface area contributed by atoms with Crippen molar-refractivity contribution in [2.24, 2.45) is 7.05 Å². The van der Waals surface area contributed by atoms with Gasteiger partial charge >= 0.3 is 5.69 Å². The lowest BCUT2D eigenvalue weighted by atomic mass is 10.4. The van der Waals surface area contributed by atoms with Gasteiger partial charge in [0, 0.05) is 12.7 Å². The van der Waals surface area contributed by atoms with Gasteiger partial charge in [-0.1, -0.05) is 12.2 Å². The second kappa shape index (κ2) is 2.56. The maximum absolute atomic E-state index is 11.0. The molecule has 0 unspecified atom stereocenters. The van der Waals surface area contributed by atoms with Gasteiger partial charge < -0.3 is 9.55 Å². The van der Waals surface area contributed by atoms with Crippen LogP contribution in [0.4, 0.5) is 0 Å². The Labute approximate surface area is 79.2 Å². The first-order chi connectivity index (χ1) is 6.09. The Morgan fingerprint density at radius 1 is 1.46 bits per heavy atom. The van der Waals surface area contributed by atoms with Crippen LogP contribution in [0.5, 0.6) is 0 Å². The third-order valence-electron chi connectivity index (χ3n) is 2.16. The molecule has 2 N–H and O–H groups in total. The summed E-state index contributed by atoms with van der Waals surface area (Å²) < 4.78 is 2.43. The Hall–Kier alpha value is -1.36. The van der Waals surface area contributed by atoms with E-state index in [-0.39, 0.29) is 5.69 Å². The van der Waals surface area contributed by atoms with Crippen molar-refractivity contribution < 1.29 is 0 Å². The van der Waals surface area contributed by atoms with E-state index >= 15 is 0 Å². The molecule has 0 radical (unpaired) electrons. The quantitative estimate of drug-likeness (QED) is 0.621. The first-order valence-electron chi connectivity index (χ1n) is 3.88. The maximum Gasteiger partial charge on any atom is 0.324 e. The van der Waals surface area contributed by atoms with Gasteiger partial charge in [0.1, 0.15) is 10.2 Å². The summed E-state index contributed by atoms with van der Waals surface area (Å²) in [5.41, 5.74) is 2.46. The van der Waals surface area contributed by atoms with Gasteiger partial charge in [-0.3, -0.25) is 4.98 Å². The predicted molar refractivity (Wildman–Crippen MR) is 53.5 cm³/mol. The summed E-state index contributed by atoms with van der Waals surface area (Å²) >= 11 is 5.05. The van der Waals surface area contributed by atoms with Gasteiger partial charge in [0.15, 0.2) is 0 Å². The van der Waals surface area contributed by atoms with Crippen LogP contribution >= 0.6 is 12.2 Å². The maximum atomic E-state index is 11.0. The van der Waals surface area contributed by atoms with E-state index < -0.39 is 0 Å². The molecule has 0 saturated heterocycles. The highest BCUT2D eigenvalue weighted by Gasteiger charge is 2.04. The van der Waals surface area contributed by atoms with Crippen LogP contribution in [0.3, 0.4) is 0 Å². The van der Waals surface area contributed by atoms with Crippen molar-refractivity contribution in [3.05, 3.63) is 26.9 Å². The molecule has 0 bridgehead atoms. The molecule has 0 amide bonds. The molecule has 2 heterocycles. The van der Waals surface area contributed by atoms with Crippen LogP contribution in [-0.2, 0) is 7.05 Å². The summed E-state index contributed by atoms with van der Waals surface area (Å²) in [6, 6.07) is 1.90. The number of nitrogens with one attached hydrogen (secondary N) is 2. The second-order valence-electron chi connectivity index (χ2n) is 3.02. The zero-order valence-electron chi connectivity index (χ0n) is 7.34. The van der Waals surface area contributed by atoms with Crippen LogP contribution in [0.1, 0.15) is 5.69 Å². The minimum atomic E-state index is -0.261. The van der Waals surface area contributed by atoms with Crippen LogP contribution in [0.25, 0.3) is 11.0 Å². The lowest BCUT2D eigenvalue weighted by molar-refractivity contribution is 0.909. The number of aromatic amines is 2. The summed E-state index contributed by atoms with van der Waals surface area (Å²) in [5, 5.41) is 0. The van der Waals surface area contributed by atoms with E-state index in [1.54, 1.807) is 0 Å². The van der Waals surface area contributed by atoms with E-state index in [4.69, 9.17) is 12.2 Å². The monoisotopic (exact) mass is 195 g/mol. The largest absolute Gasteiger partial charge is 0.344 e. The fraction of sp³-hybridized carbons (Fsp3) is 0.250. The molecule has 0 aliphatic rings. The molecule has 0 aliphatic carbocycles. The van der Waals surface area contributed by atoms with Gasteiger partial charge in [0.2, 0.25) is 0 Å². The molecule has 0 aromatic carbocycles. The molecule has 2 aromatic heterocycles. The molecule has 13 heavy (non-hydrogen) atoms. The summed E-state index contributed by atoms with van der Waals surface area (Å²) in [6.07, 6.45) is 0. The van der Waals surface area contributed by atoms with Crippen molar-refractivity contribution in [3.8, 4) is 0 Å². The van der Waals surface area contributed by atoms with Gasteiger partial charge in [-0.2, -0.15) is 0 Å². The number of fused-ring (bicyclic) bond motifs is 1. The zero-order valence-corrected chi connectivity index (χ0v) is 8.16. The molecule has 0 atom stereocenters. The average Bonchev–Trinajstić information content (AvgIpc) is 2.27. The third kappa shape index (κ3) is 1.12. The minimum absolute atomic E-state index is 0.261. The molecule has 0 fully saturated rings. The van der Waals surface area contributed by atoms with Gasteiger partial charge in [-0.15, -0.1) is 0 Å². The van der Waals surface area contributed by atoms with E-state index in [0.717, 1.165) is 16.7 Å². The number of hydrogen-bond donors (Lipinski definition) is 2. The standard InChI is InChI=1S/C8H9N3OS/c1-4-3-5-6(11(4)2)7(13)10-8(12)9-5/h3H,1-2H3,(H2,9,10,12,13). The number of nitrogens with zero attached hydrogens (tertiary/aromatic N) is 1. The Morgan fingerprint density at radius 2 is 2.15 bits per heavy atom. The first-order valence-corrected chi connectivity index (χ1v) is 4.29. The molecular formula is C8H9N3OS. The molecule has 0 aliphatic heterocycles. The minimum Gasteiger partial charge on any atom is -0.344 e. The lowest BCUT2D eigenvalue weighted by Crippen LogP contribution is -2.09. The molecule has 0 spiro atoms. The third-order valence-corrected chi connectivity index (χ3v) is 2.46. The summed E-state index contributed by atoms with van der Waals surface area (Å²) in [4.78, 5) is 16.3. The van der Waals surface area contributed by atoms with Gasteiger partial charge in [-0.05, 0) is 13.0 Å². The smallest absolute Gasteiger partial charge is 0.324 e. The topological polar surface area (TPSA) is 53.6 Å². The van der Waals surface area contributed by atoms with E-state index in [9.17, 15) is 4.79 Å². The predicted octanol–water partition coefficient (Wildman–Crippen LogP) is 1.23. The van der Waals surface area contributed by atoms with E-state index in [1.807, 2.05) is 24.6 Å². The Bertz CT molecular complexity index is 575. The van der Waals surface area contributed by atoms with Crippen LogP contribution in [0, 0.1) is 11.6 Å². The van der Waals surface area contributed by atoms with Crippen LogP contribution in [0.2, 0.25) is 0 Å². The fourth-order valence-corrected chi connectivity index (χ4v) is 1.76. The number of aryl methyl sites for hydroxylation is 2. The summed E-state index contributed by atoms with van der Waals surface area (Å²) in [6.45, 7) is 1.97. The molecule has 4 nitrogen and oxygen atoms in total. The first kappa shape index (κ1) is 8.25. The van der Waals surface area contributed by atoms with Gasteiger partial charge in [0.25, 0.3) is 0 Å². The van der Waals surface area contributed by atoms with Crippen molar-refractivity contribution in [3.63, 3.8) is 0 Å². The van der Waals surface area contributed by atoms with Crippen LogP contribution in [0.15, 0.2) is 10.9 Å². The number of hydrogen-bond acceptors (Lipinski definition) is 2. The van der Waals surface area contributed by atoms with Gasteiger partial charge in [0.05, 0.1) is 5.52 Å². The van der Waals surface area contributed by atoms with E-state index in [2.05, 4.69) is 9.97 Å². The van der Waals surface area contributed by atoms with Crippen molar-refractivity contribution in [1.29, 1.82) is 0 Å². The highest BCUT2D eigenvalue weighted by atomic mass is 32.1. The highest BCUT2D eigenvalue weighted by molar-refractivity contribution is 7.71. The Morgan fingerprint density at radius 3 is 2.85 bits per heavy atom. The number of H-pyrrole nitrogens is 2. The fourth-order valence-electron chi connectivity index (χ4n) is 1.42. The van der Waals surface area contributed by atoms with Gasteiger partial charge in [-0.25, -0.2) is 4.79 Å². The number of aromatic nitrogens is 3. The SMILES string of the molecule is Cc1cc2[nH]c(=O)[nH]c(=S)c2n1C. The van der Waals surface area contributed by atoms with Crippen molar-refractivity contribution >= 4 is 23.3 Å². The highest BCUT2D eigenvalue weighted by Crippen LogP contribution is 2.14. The second-order valence-corrected chi connectivity index (χ2v) is 3.42. The molecular weight excluding hydrogens is 186 g/mol. The summed E-state index contributed by atoms with van der Waals surface area (Å²) in [5.74, 6) is 0. The lowest BCUT2D eigenvalue weighted by Gasteiger charge is -1.97. The zero-order chi connectivity index (χ0) is 9.59. The van der Waals surface area contributed by atoms with Crippen LogP contribution < -0.4 is 5.69 Å². The number of rotatable bonds is 0. The van der Waals surface area contributed by atoms with E-state index in [0.29, 0.717) is 4.64 Å². The average molecular weight is 195 g/mol. The molecule has 2 aromatic rings. The van der Waals surface area contributed by atoms with Crippen LogP contribution in [-0.4, -0.2) is 14.5 Å². The normalized spacial score (nSPS) is 10.9. The molecule has 5 heteroatoms. The Kier molecular flexibility index (Phi) is 1.63. The molecule has 68 valence electrons. The summed E-state index contributed by atoms with van der Waals surface area (Å²) in [7, 11) is 1.92. The van der Waals surface area contributed by atoms with E-state index in [1.165, 1.54) is 0 Å². The molecule has 0 saturated carbocycles. The van der Waals surface area contributed by atoms with Crippen molar-refractivity contribution in [2.45, 2.75) is 6.92 Å².